The van der Waals surface area contributed by atoms with Gasteiger partial charge in [0.2, 0.25) is 0 Å². The van der Waals surface area contributed by atoms with Crippen molar-refractivity contribution in [3.05, 3.63) is 35.4 Å². The summed E-state index contributed by atoms with van der Waals surface area (Å²) in [6, 6.07) is 7.32. The zero-order valence-corrected chi connectivity index (χ0v) is 11.2. The molecule has 1 aromatic carbocycles. The molecular weight excluding hydrogens is 238 g/mol. The molecule has 0 radical (unpaired) electrons. The molecule has 0 bridgehead atoms. The highest BCUT2D eigenvalue weighted by Crippen LogP contribution is 2.36. The van der Waals surface area contributed by atoms with Crippen LogP contribution in [0.2, 0.25) is 0 Å². The fourth-order valence-electron chi connectivity index (χ4n) is 3.64. The molecule has 1 heterocycles. The van der Waals surface area contributed by atoms with Gasteiger partial charge in [0.1, 0.15) is 0 Å². The van der Waals surface area contributed by atoms with E-state index < -0.39 is 5.97 Å². The van der Waals surface area contributed by atoms with Crippen LogP contribution in [0.15, 0.2) is 24.3 Å². The Morgan fingerprint density at radius 3 is 2.21 bits per heavy atom. The van der Waals surface area contributed by atoms with Crippen molar-refractivity contribution < 1.29 is 9.90 Å². The first-order valence-corrected chi connectivity index (χ1v) is 7.27. The number of hydrogen-bond donors (Lipinski definition) is 1. The molecule has 1 saturated carbocycles. The fraction of sp³-hybridized carbons (Fsp3) is 0.562. The molecule has 19 heavy (non-hydrogen) atoms. The fourth-order valence-corrected chi connectivity index (χ4v) is 3.64. The van der Waals surface area contributed by atoms with Crippen LogP contribution in [0.4, 0.5) is 0 Å². The standard InChI is InChI=1S/C16H21NO2/c18-16(19)13-7-5-12(6-8-13)9-17-10-14-3-1-2-4-15(14)11-17/h5-8,14-15H,1-4,9-11H2,(H,18,19)/t14-,15+. The van der Waals surface area contributed by atoms with Crippen LogP contribution in [0.1, 0.15) is 41.6 Å². The number of hydrogen-bond acceptors (Lipinski definition) is 2. The first kappa shape index (κ1) is 12.7. The summed E-state index contributed by atoms with van der Waals surface area (Å²) < 4.78 is 0. The number of carbonyl (C=O) groups is 1. The second kappa shape index (κ2) is 5.33. The maximum atomic E-state index is 10.8. The van der Waals surface area contributed by atoms with Crippen molar-refractivity contribution in [2.45, 2.75) is 32.2 Å². The van der Waals surface area contributed by atoms with Crippen LogP contribution in [0, 0.1) is 11.8 Å². The Hall–Kier alpha value is -1.35. The highest BCUT2D eigenvalue weighted by atomic mass is 16.4. The topological polar surface area (TPSA) is 40.5 Å². The predicted molar refractivity (Wildman–Crippen MR) is 74.1 cm³/mol. The van der Waals surface area contributed by atoms with Crippen LogP contribution >= 0.6 is 0 Å². The van der Waals surface area contributed by atoms with E-state index in [0.29, 0.717) is 5.56 Å². The predicted octanol–water partition coefficient (Wildman–Crippen LogP) is 3.01. The van der Waals surface area contributed by atoms with Gasteiger partial charge in [-0.05, 0) is 42.4 Å². The zero-order chi connectivity index (χ0) is 13.2. The van der Waals surface area contributed by atoms with Crippen LogP contribution in [0.25, 0.3) is 0 Å². The lowest BCUT2D eigenvalue weighted by Crippen LogP contribution is -2.20. The maximum Gasteiger partial charge on any atom is 0.335 e. The Labute approximate surface area is 114 Å². The number of carboxylic acid groups (broad SMARTS) is 1. The first-order valence-electron chi connectivity index (χ1n) is 7.27. The van der Waals surface area contributed by atoms with Gasteiger partial charge in [-0.25, -0.2) is 4.79 Å². The van der Waals surface area contributed by atoms with Crippen molar-refractivity contribution in [1.29, 1.82) is 0 Å². The van der Waals surface area contributed by atoms with Gasteiger partial charge in [-0.15, -0.1) is 0 Å². The van der Waals surface area contributed by atoms with Crippen molar-refractivity contribution in [3.8, 4) is 0 Å². The molecule has 2 fully saturated rings. The molecule has 1 aliphatic carbocycles. The summed E-state index contributed by atoms with van der Waals surface area (Å²) in [5.74, 6) is 0.970. The molecule has 0 spiro atoms. The Kier molecular flexibility index (Phi) is 3.56. The Morgan fingerprint density at radius 1 is 1.11 bits per heavy atom. The third-order valence-corrected chi connectivity index (χ3v) is 4.66. The third kappa shape index (κ3) is 2.81. The number of aromatic carboxylic acids is 1. The summed E-state index contributed by atoms with van der Waals surface area (Å²) in [6.07, 6.45) is 5.61. The van der Waals surface area contributed by atoms with Gasteiger partial charge in [0.25, 0.3) is 0 Å². The second-order valence-electron chi connectivity index (χ2n) is 6.00. The SMILES string of the molecule is O=C(O)c1ccc(CN2C[C@H]3CCCC[C@H]3C2)cc1. The van der Waals surface area contributed by atoms with Gasteiger partial charge in [0, 0.05) is 19.6 Å². The van der Waals surface area contributed by atoms with Gasteiger partial charge >= 0.3 is 5.97 Å². The minimum Gasteiger partial charge on any atom is -0.478 e. The Balaban J connectivity index is 1.61. The number of nitrogens with zero attached hydrogens (tertiary/aromatic N) is 1. The van der Waals surface area contributed by atoms with Gasteiger partial charge in [-0.2, -0.15) is 0 Å². The minimum atomic E-state index is -0.848. The van der Waals surface area contributed by atoms with Crippen LogP contribution in [0.3, 0.4) is 0 Å². The summed E-state index contributed by atoms with van der Waals surface area (Å²) in [4.78, 5) is 13.4. The van der Waals surface area contributed by atoms with Gasteiger partial charge in [-0.3, -0.25) is 4.90 Å². The number of carboxylic acids is 1. The third-order valence-electron chi connectivity index (χ3n) is 4.66. The van der Waals surface area contributed by atoms with E-state index in [2.05, 4.69) is 4.90 Å². The van der Waals surface area contributed by atoms with E-state index in [9.17, 15) is 4.79 Å². The van der Waals surface area contributed by atoms with Crippen LogP contribution in [0.5, 0.6) is 0 Å². The van der Waals surface area contributed by atoms with Crippen molar-refractivity contribution >= 4 is 5.97 Å². The van der Waals surface area contributed by atoms with E-state index in [1.54, 1.807) is 12.1 Å². The summed E-state index contributed by atoms with van der Waals surface area (Å²) >= 11 is 0. The molecule has 1 aliphatic heterocycles. The van der Waals surface area contributed by atoms with Crippen LogP contribution in [-0.4, -0.2) is 29.1 Å². The normalized spacial score (nSPS) is 27.2. The van der Waals surface area contributed by atoms with Gasteiger partial charge in [0.15, 0.2) is 0 Å². The van der Waals surface area contributed by atoms with Crippen molar-refractivity contribution in [1.82, 2.24) is 4.90 Å². The largest absolute Gasteiger partial charge is 0.478 e. The van der Waals surface area contributed by atoms with E-state index in [4.69, 9.17) is 5.11 Å². The highest BCUT2D eigenvalue weighted by Gasteiger charge is 2.33. The van der Waals surface area contributed by atoms with Crippen LogP contribution in [-0.2, 0) is 6.54 Å². The van der Waals surface area contributed by atoms with Crippen LogP contribution < -0.4 is 0 Å². The smallest absolute Gasteiger partial charge is 0.335 e. The minimum absolute atomic E-state index is 0.374. The van der Waals surface area contributed by atoms with Crippen molar-refractivity contribution in [3.63, 3.8) is 0 Å². The summed E-state index contributed by atoms with van der Waals surface area (Å²) in [5.41, 5.74) is 1.60. The summed E-state index contributed by atoms with van der Waals surface area (Å²) in [5, 5.41) is 8.89. The van der Waals surface area contributed by atoms with Crippen molar-refractivity contribution in [2.24, 2.45) is 11.8 Å². The number of fused-ring (bicyclic) bond motifs is 1. The molecule has 0 unspecified atom stereocenters. The molecule has 1 aromatic rings. The van der Waals surface area contributed by atoms with Gasteiger partial charge in [0.05, 0.1) is 5.56 Å². The van der Waals surface area contributed by atoms with E-state index in [-0.39, 0.29) is 0 Å². The lowest BCUT2D eigenvalue weighted by atomic mass is 9.82. The summed E-state index contributed by atoms with van der Waals surface area (Å²) in [7, 11) is 0. The monoisotopic (exact) mass is 259 g/mol. The average molecular weight is 259 g/mol. The highest BCUT2D eigenvalue weighted by molar-refractivity contribution is 5.87. The first-order chi connectivity index (χ1) is 9.22. The van der Waals surface area contributed by atoms with E-state index in [0.717, 1.165) is 18.4 Å². The lowest BCUT2D eigenvalue weighted by molar-refractivity contribution is 0.0697. The Bertz CT molecular complexity index is 440. The quantitative estimate of drug-likeness (QED) is 0.907. The molecule has 1 saturated heterocycles. The molecule has 102 valence electrons. The van der Waals surface area contributed by atoms with E-state index >= 15 is 0 Å². The number of likely N-dealkylation sites (tertiary alicyclic amines) is 1. The number of benzene rings is 1. The lowest BCUT2D eigenvalue weighted by Gasteiger charge is -2.23. The molecule has 0 aromatic heterocycles. The Morgan fingerprint density at radius 2 is 1.68 bits per heavy atom. The number of rotatable bonds is 3. The average Bonchev–Trinajstić information content (AvgIpc) is 2.81. The molecular formula is C16H21NO2. The molecule has 2 aliphatic rings. The second-order valence-corrected chi connectivity index (χ2v) is 6.00. The zero-order valence-electron chi connectivity index (χ0n) is 11.2. The molecule has 0 amide bonds. The molecule has 3 rings (SSSR count). The van der Waals surface area contributed by atoms with E-state index in [1.807, 2.05) is 12.1 Å². The van der Waals surface area contributed by atoms with Crippen molar-refractivity contribution in [2.75, 3.05) is 13.1 Å². The van der Waals surface area contributed by atoms with Gasteiger partial charge in [-0.1, -0.05) is 25.0 Å². The molecule has 2 atom stereocenters. The summed E-state index contributed by atoms with van der Waals surface area (Å²) in [6.45, 7) is 3.42. The molecule has 3 nitrogen and oxygen atoms in total. The molecule has 3 heteroatoms. The van der Waals surface area contributed by atoms with Gasteiger partial charge < -0.3 is 5.11 Å². The molecule has 1 N–H and O–H groups in total. The maximum absolute atomic E-state index is 10.8. The van der Waals surface area contributed by atoms with E-state index in [1.165, 1.54) is 44.3 Å².